The lowest BCUT2D eigenvalue weighted by molar-refractivity contribution is -0.136. The number of carbonyl (C=O) groups is 5. The summed E-state index contributed by atoms with van der Waals surface area (Å²) in [4.78, 5) is 63.7. The number of fused-ring (bicyclic) bond motifs is 1. The third-order valence-electron chi connectivity index (χ3n) is 11.5. The van der Waals surface area contributed by atoms with Crippen LogP contribution >= 0.6 is 0 Å². The van der Waals surface area contributed by atoms with Crippen LogP contribution in [-0.4, -0.2) is 179 Å². The van der Waals surface area contributed by atoms with Gasteiger partial charge in [-0.05, 0) is 61.9 Å². The fourth-order valence-corrected chi connectivity index (χ4v) is 7.66. The van der Waals surface area contributed by atoms with Crippen LogP contribution in [0.4, 0.5) is 5.69 Å². The van der Waals surface area contributed by atoms with Crippen LogP contribution in [0.3, 0.4) is 0 Å². The number of imide groups is 2. The molecule has 72 heavy (non-hydrogen) atoms. The highest BCUT2D eigenvalue weighted by Crippen LogP contribution is 2.32. The van der Waals surface area contributed by atoms with Gasteiger partial charge in [-0.1, -0.05) is 63.6 Å². The van der Waals surface area contributed by atoms with Gasteiger partial charge < -0.3 is 57.4 Å². The molecule has 2 aromatic rings. The minimum absolute atomic E-state index is 0.0269. The first kappa shape index (κ1) is 60.1. The SMILES string of the molecule is CCCCCCCCc1ccc(OCCOCCOCCOCCOCCOCCOCCOCCOCCOCCOCCCCCC(=O)Nc2cccc3c2C(=O)N(C2CCC(=O)NC2=O)C3=O)cc1. The average Bonchev–Trinajstić information content (AvgIpc) is 3.63. The molecule has 0 radical (unpaired) electrons. The van der Waals surface area contributed by atoms with E-state index in [1.807, 2.05) is 12.1 Å². The predicted octanol–water partition coefficient (Wildman–Crippen LogP) is 5.73. The van der Waals surface area contributed by atoms with Crippen LogP contribution in [0.1, 0.15) is 110 Å². The highest BCUT2D eigenvalue weighted by atomic mass is 16.6. The van der Waals surface area contributed by atoms with Crippen LogP contribution in [0.5, 0.6) is 5.75 Å². The van der Waals surface area contributed by atoms with Crippen LogP contribution in [0.15, 0.2) is 42.5 Å². The van der Waals surface area contributed by atoms with Crippen molar-refractivity contribution in [3.8, 4) is 5.75 Å². The summed E-state index contributed by atoms with van der Waals surface area (Å²) in [6, 6.07) is 11.9. The van der Waals surface area contributed by atoms with Gasteiger partial charge in [0, 0.05) is 19.4 Å². The summed E-state index contributed by atoms with van der Waals surface area (Å²) < 4.78 is 61.3. The topological polar surface area (TPSA) is 214 Å². The second-order valence-electron chi connectivity index (χ2n) is 17.2. The van der Waals surface area contributed by atoms with E-state index < -0.39 is 29.7 Å². The molecular weight excluding hydrogens is 935 g/mol. The monoisotopic (exact) mass is 1020 g/mol. The lowest BCUT2D eigenvalue weighted by Crippen LogP contribution is -2.54. The highest BCUT2D eigenvalue weighted by Gasteiger charge is 2.45. The van der Waals surface area contributed by atoms with Crippen molar-refractivity contribution in [1.82, 2.24) is 10.2 Å². The van der Waals surface area contributed by atoms with Gasteiger partial charge in [-0.25, -0.2) is 0 Å². The number of hydrogen-bond donors (Lipinski definition) is 2. The molecule has 1 unspecified atom stereocenters. The summed E-state index contributed by atoms with van der Waals surface area (Å²) in [6.45, 7) is 12.3. The summed E-state index contributed by atoms with van der Waals surface area (Å²) in [7, 11) is 0. The van der Waals surface area contributed by atoms with Gasteiger partial charge in [0.1, 0.15) is 18.4 Å². The number of benzene rings is 2. The third-order valence-corrected chi connectivity index (χ3v) is 11.5. The van der Waals surface area contributed by atoms with Gasteiger partial charge in [-0.15, -0.1) is 0 Å². The lowest BCUT2D eigenvalue weighted by Gasteiger charge is -2.27. The van der Waals surface area contributed by atoms with Crippen molar-refractivity contribution in [3.63, 3.8) is 0 Å². The Morgan fingerprint density at radius 1 is 0.542 bits per heavy atom. The molecule has 0 spiro atoms. The minimum atomic E-state index is -1.08. The number of rotatable bonds is 46. The molecular formula is C53H81N3O16. The summed E-state index contributed by atoms with van der Waals surface area (Å²) >= 11 is 0. The summed E-state index contributed by atoms with van der Waals surface area (Å²) in [5, 5.41) is 4.91. The van der Waals surface area contributed by atoms with E-state index in [0.29, 0.717) is 145 Å². The van der Waals surface area contributed by atoms with Gasteiger partial charge in [0.2, 0.25) is 17.7 Å². The Hall–Kier alpha value is -4.41. The Kier molecular flexibility index (Phi) is 32.7. The minimum Gasteiger partial charge on any atom is -0.491 e. The van der Waals surface area contributed by atoms with E-state index in [4.69, 9.17) is 52.1 Å². The summed E-state index contributed by atoms with van der Waals surface area (Å²) in [6.07, 6.45) is 11.5. The van der Waals surface area contributed by atoms with Crippen LogP contribution in [0.2, 0.25) is 0 Å². The Labute approximate surface area is 425 Å². The maximum Gasteiger partial charge on any atom is 0.264 e. The van der Waals surface area contributed by atoms with Crippen LogP contribution in [0.25, 0.3) is 0 Å². The standard InChI is InChI=1S/C53H81N3O16/c1-2-3-4-5-6-8-12-43-16-18-44(19-17-43)72-42-41-71-40-39-70-38-37-69-36-35-68-34-33-67-32-31-66-30-29-65-28-27-64-26-25-63-24-23-62-22-10-7-9-15-48(57)54-46-14-11-13-45-50(46)53(61)56(52(45)60)47-20-21-49(58)55-51(47)59/h11,13-14,16-19,47H,2-10,12,15,20-42H2,1H3,(H,54,57)(H,55,58,59). The van der Waals surface area contributed by atoms with Crippen molar-refractivity contribution in [2.24, 2.45) is 0 Å². The summed E-state index contributed by atoms with van der Waals surface area (Å²) in [5.74, 6) is -1.85. The molecule has 2 N–H and O–H groups in total. The molecule has 5 amide bonds. The molecule has 2 aromatic carbocycles. The first-order valence-corrected chi connectivity index (χ1v) is 26.0. The molecule has 0 saturated carbocycles. The van der Waals surface area contributed by atoms with E-state index in [1.54, 1.807) is 12.1 Å². The zero-order valence-corrected chi connectivity index (χ0v) is 42.6. The number of aryl methyl sites for hydroxylation is 1. The number of unbranched alkanes of at least 4 members (excludes halogenated alkanes) is 7. The lowest BCUT2D eigenvalue weighted by atomic mass is 10.0. The molecule has 1 fully saturated rings. The number of carbonyl (C=O) groups excluding carboxylic acids is 5. The van der Waals surface area contributed by atoms with Gasteiger partial charge in [-0.2, -0.15) is 0 Å². The Balaban J connectivity index is 0.793. The quantitative estimate of drug-likeness (QED) is 0.0598. The van der Waals surface area contributed by atoms with E-state index >= 15 is 0 Å². The second-order valence-corrected chi connectivity index (χ2v) is 17.2. The van der Waals surface area contributed by atoms with Crippen molar-refractivity contribution < 1.29 is 76.1 Å². The molecule has 2 aliphatic rings. The number of hydrogen-bond acceptors (Lipinski definition) is 16. The largest absolute Gasteiger partial charge is 0.491 e. The maximum atomic E-state index is 13.2. The van der Waals surface area contributed by atoms with Crippen molar-refractivity contribution in [2.75, 3.05) is 144 Å². The van der Waals surface area contributed by atoms with Crippen molar-refractivity contribution in [1.29, 1.82) is 0 Å². The Bertz CT molecular complexity index is 1820. The molecule has 4 rings (SSSR count). The fraction of sp³-hybridized carbons (Fsp3) is 0.679. The molecule has 2 aliphatic heterocycles. The molecule has 19 heteroatoms. The molecule has 404 valence electrons. The number of piperidine rings is 1. The number of ether oxygens (including phenoxy) is 11. The molecule has 0 aliphatic carbocycles. The molecule has 0 bridgehead atoms. The smallest absolute Gasteiger partial charge is 0.264 e. The van der Waals surface area contributed by atoms with E-state index in [0.717, 1.165) is 29.9 Å². The van der Waals surface area contributed by atoms with Crippen LogP contribution < -0.4 is 15.4 Å². The highest BCUT2D eigenvalue weighted by molar-refractivity contribution is 6.26. The van der Waals surface area contributed by atoms with E-state index in [2.05, 4.69) is 29.7 Å². The molecule has 2 heterocycles. The van der Waals surface area contributed by atoms with Crippen LogP contribution in [0, 0.1) is 0 Å². The van der Waals surface area contributed by atoms with E-state index in [-0.39, 0.29) is 42.0 Å². The van der Waals surface area contributed by atoms with Gasteiger partial charge in [0.05, 0.1) is 142 Å². The van der Waals surface area contributed by atoms with Crippen LogP contribution in [-0.2, 0) is 68.2 Å². The second kappa shape index (κ2) is 39.1. The number of nitrogens with zero attached hydrogens (tertiary/aromatic N) is 1. The fourth-order valence-electron chi connectivity index (χ4n) is 7.66. The van der Waals surface area contributed by atoms with E-state index in [9.17, 15) is 24.0 Å². The molecule has 1 atom stereocenters. The van der Waals surface area contributed by atoms with Gasteiger partial charge in [-0.3, -0.25) is 34.2 Å². The zero-order valence-electron chi connectivity index (χ0n) is 42.6. The zero-order chi connectivity index (χ0) is 51.1. The van der Waals surface area contributed by atoms with Gasteiger partial charge in [0.25, 0.3) is 11.8 Å². The Morgan fingerprint density at radius 2 is 1.01 bits per heavy atom. The number of amides is 5. The Morgan fingerprint density at radius 3 is 1.53 bits per heavy atom. The van der Waals surface area contributed by atoms with Crippen molar-refractivity contribution in [2.45, 2.75) is 96.4 Å². The van der Waals surface area contributed by atoms with Crippen molar-refractivity contribution >= 4 is 35.2 Å². The first-order valence-electron chi connectivity index (χ1n) is 26.0. The normalized spacial score (nSPS) is 14.6. The maximum absolute atomic E-state index is 13.2. The first-order chi connectivity index (χ1) is 35.4. The van der Waals surface area contributed by atoms with E-state index in [1.165, 1.54) is 50.2 Å². The molecule has 0 aromatic heterocycles. The predicted molar refractivity (Wildman–Crippen MR) is 267 cm³/mol. The van der Waals surface area contributed by atoms with Gasteiger partial charge in [0.15, 0.2) is 0 Å². The average molecular weight is 1020 g/mol. The molecule has 1 saturated heterocycles. The third kappa shape index (κ3) is 25.5. The molecule has 19 nitrogen and oxygen atoms in total. The summed E-state index contributed by atoms with van der Waals surface area (Å²) in [5.41, 5.74) is 1.75. The van der Waals surface area contributed by atoms with Gasteiger partial charge >= 0.3 is 0 Å². The number of anilines is 1. The van der Waals surface area contributed by atoms with Crippen molar-refractivity contribution in [3.05, 3.63) is 59.2 Å². The number of nitrogens with one attached hydrogen (secondary N) is 2.